The molecule has 1 heterocycles. The average molecular weight is 238 g/mol. The maximum atomic E-state index is 5.80. The van der Waals surface area contributed by atoms with Gasteiger partial charge in [-0.2, -0.15) is 5.10 Å². The lowest BCUT2D eigenvalue weighted by Gasteiger charge is -2.25. The Morgan fingerprint density at radius 3 is 2.12 bits per heavy atom. The van der Waals surface area contributed by atoms with Gasteiger partial charge < -0.3 is 5.73 Å². The van der Waals surface area contributed by atoms with E-state index in [0.29, 0.717) is 11.8 Å². The van der Waals surface area contributed by atoms with Gasteiger partial charge in [0.1, 0.15) is 5.82 Å². The van der Waals surface area contributed by atoms with Crippen molar-refractivity contribution in [2.45, 2.75) is 34.2 Å². The van der Waals surface area contributed by atoms with Gasteiger partial charge in [0.25, 0.3) is 0 Å². The van der Waals surface area contributed by atoms with Crippen molar-refractivity contribution >= 4 is 5.82 Å². The Morgan fingerprint density at radius 1 is 1.24 bits per heavy atom. The predicted molar refractivity (Wildman–Crippen MR) is 72.6 cm³/mol. The Balaban J connectivity index is 2.64. The van der Waals surface area contributed by atoms with Crippen molar-refractivity contribution in [3.05, 3.63) is 11.8 Å². The fraction of sp³-hybridized carbons (Fsp3) is 0.769. The van der Waals surface area contributed by atoms with E-state index in [-0.39, 0.29) is 0 Å². The lowest BCUT2D eigenvalue weighted by Crippen LogP contribution is -2.31. The van der Waals surface area contributed by atoms with Crippen LogP contribution in [0.2, 0.25) is 0 Å². The van der Waals surface area contributed by atoms with Crippen molar-refractivity contribution in [3.63, 3.8) is 0 Å². The SMILES string of the molecule is CC(C)CN(Cc1cc(N)n(C)n1)CC(C)C. The van der Waals surface area contributed by atoms with Crippen LogP contribution in [0.25, 0.3) is 0 Å². The first-order valence-electron chi connectivity index (χ1n) is 6.39. The minimum atomic E-state index is 0.676. The highest BCUT2D eigenvalue weighted by atomic mass is 15.3. The Bertz CT molecular complexity index is 312. The van der Waals surface area contributed by atoms with Gasteiger partial charge in [-0.05, 0) is 11.8 Å². The fourth-order valence-corrected chi connectivity index (χ4v) is 2.09. The molecule has 1 aromatic heterocycles. The van der Waals surface area contributed by atoms with Crippen molar-refractivity contribution in [1.82, 2.24) is 14.7 Å². The Labute approximate surface area is 105 Å². The molecule has 2 N–H and O–H groups in total. The number of nitrogen functional groups attached to an aromatic ring is 1. The maximum Gasteiger partial charge on any atom is 0.121 e. The van der Waals surface area contributed by atoms with Crippen LogP contribution in [0, 0.1) is 11.8 Å². The molecule has 0 saturated heterocycles. The third-order valence-corrected chi connectivity index (χ3v) is 2.60. The summed E-state index contributed by atoms with van der Waals surface area (Å²) in [6.45, 7) is 12.1. The molecular formula is C13H26N4. The summed E-state index contributed by atoms with van der Waals surface area (Å²) in [6, 6.07) is 1.97. The summed E-state index contributed by atoms with van der Waals surface area (Å²) in [7, 11) is 1.88. The highest BCUT2D eigenvalue weighted by Crippen LogP contribution is 2.11. The molecule has 0 aliphatic carbocycles. The molecule has 1 rings (SSSR count). The summed E-state index contributed by atoms with van der Waals surface area (Å²) >= 11 is 0. The normalized spacial score (nSPS) is 12.0. The van der Waals surface area contributed by atoms with Crippen molar-refractivity contribution in [2.75, 3.05) is 18.8 Å². The van der Waals surface area contributed by atoms with E-state index in [1.54, 1.807) is 4.68 Å². The van der Waals surface area contributed by atoms with E-state index in [4.69, 9.17) is 5.73 Å². The molecule has 0 bridgehead atoms. The van der Waals surface area contributed by atoms with Crippen LogP contribution in [-0.4, -0.2) is 27.8 Å². The molecule has 0 fully saturated rings. The van der Waals surface area contributed by atoms with Crippen LogP contribution >= 0.6 is 0 Å². The van der Waals surface area contributed by atoms with Gasteiger partial charge in [0.15, 0.2) is 0 Å². The van der Waals surface area contributed by atoms with Crippen LogP contribution in [0.1, 0.15) is 33.4 Å². The van der Waals surface area contributed by atoms with Gasteiger partial charge >= 0.3 is 0 Å². The van der Waals surface area contributed by atoms with Crippen molar-refractivity contribution < 1.29 is 0 Å². The summed E-state index contributed by atoms with van der Waals surface area (Å²) in [5.74, 6) is 2.08. The predicted octanol–water partition coefficient (Wildman–Crippen LogP) is 2.12. The van der Waals surface area contributed by atoms with Gasteiger partial charge in [-0.3, -0.25) is 9.58 Å². The molecular weight excluding hydrogens is 212 g/mol. The molecule has 0 amide bonds. The zero-order valence-corrected chi connectivity index (χ0v) is 11.8. The second-order valence-electron chi connectivity index (χ2n) is 5.67. The number of aryl methyl sites for hydroxylation is 1. The molecule has 4 nitrogen and oxygen atoms in total. The van der Waals surface area contributed by atoms with Crippen molar-refractivity contribution in [3.8, 4) is 0 Å². The maximum absolute atomic E-state index is 5.80. The van der Waals surface area contributed by atoms with Crippen LogP contribution < -0.4 is 5.73 Å². The molecule has 0 unspecified atom stereocenters. The zero-order valence-electron chi connectivity index (χ0n) is 11.8. The van der Waals surface area contributed by atoms with E-state index < -0.39 is 0 Å². The fourth-order valence-electron chi connectivity index (χ4n) is 2.09. The number of aromatic nitrogens is 2. The van der Waals surface area contributed by atoms with Crippen LogP contribution in [-0.2, 0) is 13.6 Å². The molecule has 0 aromatic carbocycles. The summed E-state index contributed by atoms with van der Waals surface area (Å²) in [5.41, 5.74) is 6.86. The number of hydrogen-bond donors (Lipinski definition) is 1. The third kappa shape index (κ3) is 4.77. The zero-order chi connectivity index (χ0) is 13.0. The summed E-state index contributed by atoms with van der Waals surface area (Å²) in [6.07, 6.45) is 0. The molecule has 1 aromatic rings. The summed E-state index contributed by atoms with van der Waals surface area (Å²) < 4.78 is 1.73. The summed E-state index contributed by atoms with van der Waals surface area (Å²) in [4.78, 5) is 2.46. The van der Waals surface area contributed by atoms with E-state index in [0.717, 1.165) is 31.1 Å². The molecule has 0 radical (unpaired) electrons. The van der Waals surface area contributed by atoms with E-state index in [1.165, 1.54) is 0 Å². The smallest absolute Gasteiger partial charge is 0.121 e. The number of nitrogens with zero attached hydrogens (tertiary/aromatic N) is 3. The molecule has 0 spiro atoms. The number of anilines is 1. The molecule has 0 saturated carbocycles. The Hall–Kier alpha value is -1.03. The first-order valence-corrected chi connectivity index (χ1v) is 6.39. The van der Waals surface area contributed by atoms with E-state index in [9.17, 15) is 0 Å². The summed E-state index contributed by atoms with van der Waals surface area (Å²) in [5, 5.41) is 4.41. The van der Waals surface area contributed by atoms with Gasteiger partial charge in [-0.1, -0.05) is 27.7 Å². The highest BCUT2D eigenvalue weighted by molar-refractivity contribution is 5.30. The van der Waals surface area contributed by atoms with Gasteiger partial charge in [-0.15, -0.1) is 0 Å². The first-order chi connectivity index (χ1) is 7.88. The van der Waals surface area contributed by atoms with Crippen molar-refractivity contribution in [1.29, 1.82) is 0 Å². The monoisotopic (exact) mass is 238 g/mol. The van der Waals surface area contributed by atoms with Gasteiger partial charge in [0.2, 0.25) is 0 Å². The number of nitrogens with two attached hydrogens (primary N) is 1. The molecule has 0 atom stereocenters. The van der Waals surface area contributed by atoms with E-state index in [1.807, 2.05) is 13.1 Å². The topological polar surface area (TPSA) is 47.1 Å². The van der Waals surface area contributed by atoms with Crippen LogP contribution in [0.3, 0.4) is 0 Å². The highest BCUT2D eigenvalue weighted by Gasteiger charge is 2.12. The van der Waals surface area contributed by atoms with Crippen molar-refractivity contribution in [2.24, 2.45) is 18.9 Å². The molecule has 0 aliphatic heterocycles. The van der Waals surface area contributed by atoms with Gasteiger partial charge in [0.05, 0.1) is 5.69 Å². The van der Waals surface area contributed by atoms with Gasteiger partial charge in [-0.25, -0.2) is 0 Å². The van der Waals surface area contributed by atoms with E-state index in [2.05, 4.69) is 37.7 Å². The van der Waals surface area contributed by atoms with Crippen LogP contribution in [0.15, 0.2) is 6.07 Å². The average Bonchev–Trinajstić information content (AvgIpc) is 2.42. The Morgan fingerprint density at radius 2 is 1.76 bits per heavy atom. The molecule has 17 heavy (non-hydrogen) atoms. The minimum Gasteiger partial charge on any atom is -0.384 e. The van der Waals surface area contributed by atoms with E-state index >= 15 is 0 Å². The standard InChI is InChI=1S/C13H26N4/c1-10(2)7-17(8-11(3)4)9-12-6-13(14)16(5)15-12/h6,10-11H,7-9,14H2,1-5H3. The van der Waals surface area contributed by atoms with Crippen LogP contribution in [0.5, 0.6) is 0 Å². The Kier molecular flexibility index (Phi) is 5.00. The largest absolute Gasteiger partial charge is 0.384 e. The third-order valence-electron chi connectivity index (χ3n) is 2.60. The molecule has 98 valence electrons. The number of rotatable bonds is 6. The lowest BCUT2D eigenvalue weighted by atomic mass is 10.1. The van der Waals surface area contributed by atoms with Gasteiger partial charge in [0, 0.05) is 32.7 Å². The second-order valence-corrected chi connectivity index (χ2v) is 5.67. The quantitative estimate of drug-likeness (QED) is 0.825. The lowest BCUT2D eigenvalue weighted by molar-refractivity contribution is 0.209. The van der Waals surface area contributed by atoms with Crippen LogP contribution in [0.4, 0.5) is 5.82 Å². The second kappa shape index (κ2) is 6.05. The molecule has 4 heteroatoms. The molecule has 0 aliphatic rings. The minimum absolute atomic E-state index is 0.676. The first kappa shape index (κ1) is 14.0. The number of hydrogen-bond acceptors (Lipinski definition) is 3.